The van der Waals surface area contributed by atoms with Crippen LogP contribution in [0.4, 0.5) is 0 Å². The number of furan rings is 1. The van der Waals surface area contributed by atoms with Gasteiger partial charge in [0.25, 0.3) is 0 Å². The van der Waals surface area contributed by atoms with Crippen LogP contribution in [-0.4, -0.2) is 48.1 Å². The van der Waals surface area contributed by atoms with Crippen LogP contribution < -0.4 is 5.73 Å². The van der Waals surface area contributed by atoms with E-state index in [4.69, 9.17) is 10.2 Å². The summed E-state index contributed by atoms with van der Waals surface area (Å²) in [5, 5.41) is 0. The SMILES string of the molecule is NC1(CN2CCN(Cc3ccco3)CC2)CC1. The smallest absolute Gasteiger partial charge is 0.117 e. The molecule has 1 aromatic heterocycles. The molecule has 3 rings (SSSR count). The van der Waals surface area contributed by atoms with Gasteiger partial charge in [-0.05, 0) is 25.0 Å². The van der Waals surface area contributed by atoms with E-state index in [-0.39, 0.29) is 5.54 Å². The molecular formula is C13H21N3O. The number of nitrogens with two attached hydrogens (primary N) is 1. The third-order valence-corrected chi connectivity index (χ3v) is 3.86. The lowest BCUT2D eigenvalue weighted by Gasteiger charge is -2.35. The van der Waals surface area contributed by atoms with Crippen LogP contribution in [0.5, 0.6) is 0 Å². The summed E-state index contributed by atoms with van der Waals surface area (Å²) in [7, 11) is 0. The van der Waals surface area contributed by atoms with Crippen molar-refractivity contribution in [2.45, 2.75) is 24.9 Å². The summed E-state index contributed by atoms with van der Waals surface area (Å²) < 4.78 is 5.38. The first-order chi connectivity index (χ1) is 8.23. The van der Waals surface area contributed by atoms with Crippen molar-refractivity contribution in [2.24, 2.45) is 5.73 Å². The van der Waals surface area contributed by atoms with Crippen molar-refractivity contribution in [3.8, 4) is 0 Å². The summed E-state index contributed by atoms with van der Waals surface area (Å²) in [5.74, 6) is 1.07. The summed E-state index contributed by atoms with van der Waals surface area (Å²) in [6.45, 7) is 6.54. The van der Waals surface area contributed by atoms with E-state index in [2.05, 4.69) is 9.80 Å². The average molecular weight is 235 g/mol. The van der Waals surface area contributed by atoms with Gasteiger partial charge in [0.05, 0.1) is 12.8 Å². The molecule has 94 valence electrons. The molecule has 4 heteroatoms. The number of hydrogen-bond donors (Lipinski definition) is 1. The van der Waals surface area contributed by atoms with E-state index in [0.717, 1.165) is 45.0 Å². The average Bonchev–Trinajstić information content (AvgIpc) is 2.84. The Balaban J connectivity index is 1.44. The zero-order valence-corrected chi connectivity index (χ0v) is 10.3. The molecule has 1 aromatic rings. The van der Waals surface area contributed by atoms with Crippen LogP contribution in [0.25, 0.3) is 0 Å². The van der Waals surface area contributed by atoms with Crippen molar-refractivity contribution in [1.29, 1.82) is 0 Å². The molecule has 0 spiro atoms. The van der Waals surface area contributed by atoms with E-state index in [1.165, 1.54) is 12.8 Å². The van der Waals surface area contributed by atoms with Crippen LogP contribution in [0.15, 0.2) is 22.8 Å². The highest BCUT2D eigenvalue weighted by Crippen LogP contribution is 2.33. The lowest BCUT2D eigenvalue weighted by Crippen LogP contribution is -2.50. The van der Waals surface area contributed by atoms with Gasteiger partial charge in [-0.15, -0.1) is 0 Å². The molecule has 0 unspecified atom stereocenters. The normalized spacial score (nSPS) is 25.0. The van der Waals surface area contributed by atoms with Gasteiger partial charge in [0.15, 0.2) is 0 Å². The molecule has 2 fully saturated rings. The molecule has 2 heterocycles. The Labute approximate surface area is 102 Å². The zero-order valence-electron chi connectivity index (χ0n) is 10.3. The summed E-state index contributed by atoms with van der Waals surface area (Å²) in [5.41, 5.74) is 6.31. The Bertz CT molecular complexity index is 351. The predicted molar refractivity (Wildman–Crippen MR) is 66.6 cm³/mol. The second-order valence-electron chi connectivity index (χ2n) is 5.49. The Morgan fingerprint density at radius 1 is 1.18 bits per heavy atom. The number of nitrogens with zero attached hydrogens (tertiary/aromatic N) is 2. The first-order valence-corrected chi connectivity index (χ1v) is 6.50. The van der Waals surface area contributed by atoms with Gasteiger partial charge in [0.1, 0.15) is 5.76 Å². The maximum atomic E-state index is 6.15. The number of hydrogen-bond acceptors (Lipinski definition) is 4. The van der Waals surface area contributed by atoms with Crippen LogP contribution >= 0.6 is 0 Å². The lowest BCUT2D eigenvalue weighted by atomic mass is 10.2. The molecule has 2 N–H and O–H groups in total. The van der Waals surface area contributed by atoms with E-state index >= 15 is 0 Å². The van der Waals surface area contributed by atoms with E-state index in [1.807, 2.05) is 12.1 Å². The molecule has 1 aliphatic carbocycles. The second kappa shape index (κ2) is 4.44. The lowest BCUT2D eigenvalue weighted by molar-refractivity contribution is 0.114. The van der Waals surface area contributed by atoms with Gasteiger partial charge >= 0.3 is 0 Å². The minimum atomic E-state index is 0.156. The molecule has 4 nitrogen and oxygen atoms in total. The van der Waals surface area contributed by atoms with Crippen molar-refractivity contribution in [3.05, 3.63) is 24.2 Å². The minimum absolute atomic E-state index is 0.156. The highest BCUT2D eigenvalue weighted by molar-refractivity contribution is 5.02. The van der Waals surface area contributed by atoms with Crippen molar-refractivity contribution < 1.29 is 4.42 Å². The largest absolute Gasteiger partial charge is 0.468 e. The van der Waals surface area contributed by atoms with Crippen molar-refractivity contribution >= 4 is 0 Å². The van der Waals surface area contributed by atoms with Gasteiger partial charge in [0.2, 0.25) is 0 Å². The van der Waals surface area contributed by atoms with Gasteiger partial charge in [-0.3, -0.25) is 9.80 Å². The molecule has 0 bridgehead atoms. The molecule has 0 amide bonds. The molecule has 0 aromatic carbocycles. The second-order valence-corrected chi connectivity index (χ2v) is 5.49. The predicted octanol–water partition coefficient (Wildman–Crippen LogP) is 0.889. The summed E-state index contributed by atoms with van der Waals surface area (Å²) in [4.78, 5) is 4.96. The number of piperazine rings is 1. The van der Waals surface area contributed by atoms with Crippen LogP contribution in [0.2, 0.25) is 0 Å². The third kappa shape index (κ3) is 2.89. The fourth-order valence-electron chi connectivity index (χ4n) is 2.49. The zero-order chi connectivity index (χ0) is 11.7. The van der Waals surface area contributed by atoms with Gasteiger partial charge in [-0.25, -0.2) is 0 Å². The number of rotatable bonds is 4. The van der Waals surface area contributed by atoms with Crippen LogP contribution in [-0.2, 0) is 6.54 Å². The fourth-order valence-corrected chi connectivity index (χ4v) is 2.49. The van der Waals surface area contributed by atoms with Crippen molar-refractivity contribution in [1.82, 2.24) is 9.80 Å². The summed E-state index contributed by atoms with van der Waals surface area (Å²) in [6, 6.07) is 4.00. The first kappa shape index (κ1) is 11.3. The highest BCUT2D eigenvalue weighted by atomic mass is 16.3. The molecule has 1 aliphatic heterocycles. The van der Waals surface area contributed by atoms with E-state index in [0.29, 0.717) is 0 Å². The molecular weight excluding hydrogens is 214 g/mol. The van der Waals surface area contributed by atoms with E-state index in [9.17, 15) is 0 Å². The molecule has 0 radical (unpaired) electrons. The molecule has 1 saturated carbocycles. The monoisotopic (exact) mass is 235 g/mol. The topological polar surface area (TPSA) is 45.6 Å². The van der Waals surface area contributed by atoms with E-state index < -0.39 is 0 Å². The third-order valence-electron chi connectivity index (χ3n) is 3.86. The van der Waals surface area contributed by atoms with E-state index in [1.54, 1.807) is 6.26 Å². The quantitative estimate of drug-likeness (QED) is 0.842. The Morgan fingerprint density at radius 2 is 1.88 bits per heavy atom. The standard InChI is InChI=1S/C13H21N3O/c14-13(3-4-13)11-16-7-5-15(6-8-16)10-12-2-1-9-17-12/h1-2,9H,3-8,10-11,14H2. The van der Waals surface area contributed by atoms with Crippen LogP contribution in [0, 0.1) is 0 Å². The van der Waals surface area contributed by atoms with Gasteiger partial charge in [-0.2, -0.15) is 0 Å². The van der Waals surface area contributed by atoms with Gasteiger partial charge in [-0.1, -0.05) is 0 Å². The maximum Gasteiger partial charge on any atom is 0.117 e. The van der Waals surface area contributed by atoms with Crippen molar-refractivity contribution in [2.75, 3.05) is 32.7 Å². The fraction of sp³-hybridized carbons (Fsp3) is 0.692. The minimum Gasteiger partial charge on any atom is -0.468 e. The van der Waals surface area contributed by atoms with Crippen LogP contribution in [0.1, 0.15) is 18.6 Å². The maximum absolute atomic E-state index is 6.15. The molecule has 0 atom stereocenters. The Hall–Kier alpha value is -0.840. The highest BCUT2D eigenvalue weighted by Gasteiger charge is 2.40. The van der Waals surface area contributed by atoms with Gasteiger partial charge in [0, 0.05) is 38.3 Å². The summed E-state index contributed by atoms with van der Waals surface area (Å²) in [6.07, 6.45) is 4.16. The Morgan fingerprint density at radius 3 is 2.47 bits per heavy atom. The molecule has 1 saturated heterocycles. The van der Waals surface area contributed by atoms with Crippen molar-refractivity contribution in [3.63, 3.8) is 0 Å². The van der Waals surface area contributed by atoms with Crippen LogP contribution in [0.3, 0.4) is 0 Å². The first-order valence-electron chi connectivity index (χ1n) is 6.50. The van der Waals surface area contributed by atoms with Gasteiger partial charge < -0.3 is 10.2 Å². The summed E-state index contributed by atoms with van der Waals surface area (Å²) >= 11 is 0. The molecule has 2 aliphatic rings. The molecule has 17 heavy (non-hydrogen) atoms. The Kier molecular flexibility index (Phi) is 2.94.